The quantitative estimate of drug-likeness (QED) is 0.721. The number of hydrogen-bond donors (Lipinski definition) is 1. The first-order valence-electron chi connectivity index (χ1n) is 6.74. The van der Waals surface area contributed by atoms with Gasteiger partial charge in [-0.3, -0.25) is 0 Å². The lowest BCUT2D eigenvalue weighted by Crippen LogP contribution is -2.39. The Hall–Kier alpha value is -1.08. The van der Waals surface area contributed by atoms with E-state index in [4.69, 9.17) is 0 Å². The first-order valence-corrected chi connectivity index (χ1v) is 6.74. The molecule has 2 atom stereocenters. The monoisotopic (exact) mass is 227 g/mol. The summed E-state index contributed by atoms with van der Waals surface area (Å²) in [5, 5.41) is 3.49. The minimum absolute atomic E-state index is 0.0275. The SMILES string of the molecule is CNC1(C)C=C2CCCCC2c2ccccc21. The van der Waals surface area contributed by atoms with Crippen molar-refractivity contribution >= 4 is 0 Å². The summed E-state index contributed by atoms with van der Waals surface area (Å²) in [5.41, 5.74) is 4.71. The molecule has 90 valence electrons. The minimum Gasteiger partial charge on any atom is -0.307 e. The molecule has 1 aromatic carbocycles. The fraction of sp³-hybridized carbons (Fsp3) is 0.500. The molecule has 2 unspecified atom stereocenters. The van der Waals surface area contributed by atoms with Crippen molar-refractivity contribution in [1.29, 1.82) is 0 Å². The zero-order valence-electron chi connectivity index (χ0n) is 10.8. The molecule has 1 N–H and O–H groups in total. The van der Waals surface area contributed by atoms with Gasteiger partial charge in [0.05, 0.1) is 5.54 Å². The van der Waals surface area contributed by atoms with Gasteiger partial charge < -0.3 is 5.32 Å². The van der Waals surface area contributed by atoms with Crippen LogP contribution < -0.4 is 5.32 Å². The van der Waals surface area contributed by atoms with Gasteiger partial charge in [0.15, 0.2) is 0 Å². The summed E-state index contributed by atoms with van der Waals surface area (Å²) in [4.78, 5) is 0. The average molecular weight is 227 g/mol. The van der Waals surface area contributed by atoms with Gasteiger partial charge in [0.2, 0.25) is 0 Å². The second-order valence-corrected chi connectivity index (χ2v) is 5.56. The van der Waals surface area contributed by atoms with Crippen molar-refractivity contribution in [2.24, 2.45) is 0 Å². The number of fused-ring (bicyclic) bond motifs is 3. The number of rotatable bonds is 1. The van der Waals surface area contributed by atoms with Gasteiger partial charge in [0.1, 0.15) is 0 Å². The van der Waals surface area contributed by atoms with Crippen LogP contribution in [0.4, 0.5) is 0 Å². The van der Waals surface area contributed by atoms with Crippen molar-refractivity contribution in [3.8, 4) is 0 Å². The molecule has 0 saturated heterocycles. The molecule has 1 nitrogen and oxygen atoms in total. The molecule has 0 aromatic heterocycles. The maximum Gasteiger partial charge on any atom is 0.0595 e. The van der Waals surface area contributed by atoms with Gasteiger partial charge in [-0.2, -0.15) is 0 Å². The van der Waals surface area contributed by atoms with E-state index < -0.39 is 0 Å². The first-order chi connectivity index (χ1) is 8.24. The summed E-state index contributed by atoms with van der Waals surface area (Å²) in [5.74, 6) is 0.696. The molecule has 2 aliphatic carbocycles. The standard InChI is InChI=1S/C16H21N/c1-16(17-2)11-12-7-3-4-8-13(12)14-9-5-6-10-15(14)16/h5-6,9-11,13,17H,3-4,7-8H2,1-2H3. The zero-order valence-corrected chi connectivity index (χ0v) is 10.8. The van der Waals surface area contributed by atoms with E-state index in [0.29, 0.717) is 5.92 Å². The Morgan fingerprint density at radius 1 is 1.24 bits per heavy atom. The van der Waals surface area contributed by atoms with Crippen LogP contribution >= 0.6 is 0 Å². The lowest BCUT2D eigenvalue weighted by molar-refractivity contribution is 0.443. The van der Waals surface area contributed by atoms with Crippen LogP contribution in [0.1, 0.15) is 49.7 Å². The third kappa shape index (κ3) is 1.64. The summed E-state index contributed by atoms with van der Waals surface area (Å²) in [6.07, 6.45) is 7.86. The fourth-order valence-electron chi connectivity index (χ4n) is 3.49. The van der Waals surface area contributed by atoms with Crippen molar-refractivity contribution in [2.45, 2.75) is 44.1 Å². The van der Waals surface area contributed by atoms with Gasteiger partial charge in [-0.05, 0) is 44.4 Å². The smallest absolute Gasteiger partial charge is 0.0595 e. The van der Waals surface area contributed by atoms with Crippen molar-refractivity contribution in [3.63, 3.8) is 0 Å². The summed E-state index contributed by atoms with van der Waals surface area (Å²) in [6, 6.07) is 8.96. The van der Waals surface area contributed by atoms with E-state index in [0.717, 1.165) is 0 Å². The molecule has 1 aromatic rings. The van der Waals surface area contributed by atoms with Crippen LogP contribution in [0.25, 0.3) is 0 Å². The number of nitrogens with one attached hydrogen (secondary N) is 1. The topological polar surface area (TPSA) is 12.0 Å². The van der Waals surface area contributed by atoms with Crippen LogP contribution in [0.2, 0.25) is 0 Å². The van der Waals surface area contributed by atoms with E-state index in [1.807, 2.05) is 0 Å². The van der Waals surface area contributed by atoms with E-state index >= 15 is 0 Å². The molecule has 2 aliphatic rings. The minimum atomic E-state index is 0.0275. The molecule has 0 heterocycles. The van der Waals surface area contributed by atoms with Crippen molar-refractivity contribution in [1.82, 2.24) is 5.32 Å². The Labute approximate surface area is 104 Å². The molecule has 0 spiro atoms. The molecule has 0 aliphatic heterocycles. The highest BCUT2D eigenvalue weighted by atomic mass is 14.9. The predicted octanol–water partition coefficient (Wildman–Crippen LogP) is 3.72. The lowest BCUT2D eigenvalue weighted by Gasteiger charge is -2.40. The molecule has 17 heavy (non-hydrogen) atoms. The normalized spacial score (nSPS) is 31.4. The second kappa shape index (κ2) is 3.99. The van der Waals surface area contributed by atoms with Gasteiger partial charge in [-0.1, -0.05) is 42.3 Å². The lowest BCUT2D eigenvalue weighted by atomic mass is 9.69. The molecule has 1 saturated carbocycles. The number of benzene rings is 1. The molecule has 3 rings (SSSR count). The van der Waals surface area contributed by atoms with Crippen LogP contribution in [0.5, 0.6) is 0 Å². The Balaban J connectivity index is 2.16. The number of hydrogen-bond acceptors (Lipinski definition) is 1. The molecular weight excluding hydrogens is 206 g/mol. The van der Waals surface area contributed by atoms with E-state index in [9.17, 15) is 0 Å². The summed E-state index contributed by atoms with van der Waals surface area (Å²) in [7, 11) is 2.07. The Bertz CT molecular complexity index is 460. The summed E-state index contributed by atoms with van der Waals surface area (Å²) in [6.45, 7) is 2.30. The highest BCUT2D eigenvalue weighted by molar-refractivity contribution is 5.48. The molecular formula is C16H21N. The van der Waals surface area contributed by atoms with Crippen molar-refractivity contribution in [2.75, 3.05) is 7.05 Å². The van der Waals surface area contributed by atoms with E-state index in [2.05, 4.69) is 49.6 Å². The van der Waals surface area contributed by atoms with Crippen LogP contribution in [0, 0.1) is 0 Å². The van der Waals surface area contributed by atoms with E-state index in [1.165, 1.54) is 31.2 Å². The van der Waals surface area contributed by atoms with Crippen LogP contribution in [-0.2, 0) is 5.54 Å². The highest BCUT2D eigenvalue weighted by Crippen LogP contribution is 2.46. The maximum absolute atomic E-state index is 3.49. The van der Waals surface area contributed by atoms with Crippen molar-refractivity contribution in [3.05, 3.63) is 47.0 Å². The van der Waals surface area contributed by atoms with Crippen LogP contribution in [-0.4, -0.2) is 7.05 Å². The van der Waals surface area contributed by atoms with Crippen LogP contribution in [0.15, 0.2) is 35.9 Å². The van der Waals surface area contributed by atoms with E-state index in [-0.39, 0.29) is 5.54 Å². The molecule has 0 bridgehead atoms. The number of likely N-dealkylation sites (N-methyl/N-ethyl adjacent to an activating group) is 1. The van der Waals surface area contributed by atoms with Gasteiger partial charge in [-0.15, -0.1) is 0 Å². The van der Waals surface area contributed by atoms with Gasteiger partial charge in [-0.25, -0.2) is 0 Å². The zero-order chi connectivity index (χ0) is 11.9. The molecule has 1 fully saturated rings. The second-order valence-electron chi connectivity index (χ2n) is 5.56. The predicted molar refractivity (Wildman–Crippen MR) is 72.1 cm³/mol. The van der Waals surface area contributed by atoms with Gasteiger partial charge >= 0.3 is 0 Å². The Morgan fingerprint density at radius 3 is 2.88 bits per heavy atom. The van der Waals surface area contributed by atoms with E-state index in [1.54, 1.807) is 11.1 Å². The molecule has 1 heteroatoms. The number of allylic oxidation sites excluding steroid dienone is 1. The fourth-order valence-corrected chi connectivity index (χ4v) is 3.49. The van der Waals surface area contributed by atoms with Crippen LogP contribution in [0.3, 0.4) is 0 Å². The average Bonchev–Trinajstić information content (AvgIpc) is 2.39. The summed E-state index contributed by atoms with van der Waals surface area (Å²) >= 11 is 0. The molecule has 0 amide bonds. The van der Waals surface area contributed by atoms with Gasteiger partial charge in [0.25, 0.3) is 0 Å². The van der Waals surface area contributed by atoms with Gasteiger partial charge in [0, 0.05) is 5.92 Å². The maximum atomic E-state index is 3.49. The highest BCUT2D eigenvalue weighted by Gasteiger charge is 2.35. The Morgan fingerprint density at radius 2 is 2.06 bits per heavy atom. The summed E-state index contributed by atoms with van der Waals surface area (Å²) < 4.78 is 0. The first kappa shape index (κ1) is 11.0. The largest absolute Gasteiger partial charge is 0.307 e. The van der Waals surface area contributed by atoms with Crippen molar-refractivity contribution < 1.29 is 0 Å². The Kier molecular flexibility index (Phi) is 2.59. The molecule has 0 radical (unpaired) electrons. The third-order valence-corrected chi connectivity index (χ3v) is 4.54. The third-order valence-electron chi connectivity index (χ3n) is 4.54.